The summed E-state index contributed by atoms with van der Waals surface area (Å²) >= 11 is 1.52. The van der Waals surface area contributed by atoms with Gasteiger partial charge in [-0.2, -0.15) is 0 Å². The first-order valence-electron chi connectivity index (χ1n) is 9.39. The number of carbonyl (C=O) groups excluding carboxylic acids is 1. The van der Waals surface area contributed by atoms with Crippen LogP contribution in [0, 0.1) is 6.92 Å². The van der Waals surface area contributed by atoms with Gasteiger partial charge in [0.2, 0.25) is 0 Å². The van der Waals surface area contributed by atoms with E-state index in [-0.39, 0.29) is 5.97 Å². The number of pyridine rings is 1. The minimum absolute atomic E-state index is 0.377. The van der Waals surface area contributed by atoms with Crippen LogP contribution < -0.4 is 4.74 Å². The molecule has 0 spiro atoms. The lowest BCUT2D eigenvalue weighted by atomic mass is 10.0. The fourth-order valence-corrected chi connectivity index (χ4v) is 4.32. The summed E-state index contributed by atoms with van der Waals surface area (Å²) in [6.45, 7) is 1.93. The molecule has 2 heterocycles. The summed E-state index contributed by atoms with van der Waals surface area (Å²) in [6, 6.07) is 15.6. The van der Waals surface area contributed by atoms with Crippen molar-refractivity contribution in [2.75, 3.05) is 14.2 Å². The number of fused-ring (bicyclic) bond motifs is 1. The Bertz CT molecular complexity index is 1220. The SMILES string of the molecule is COC(=O)c1c(CSc2nccn2-c2cccc(OC)c2)nc2ccccc2c1C. The maximum Gasteiger partial charge on any atom is 0.340 e. The molecule has 6 nitrogen and oxygen atoms in total. The van der Waals surface area contributed by atoms with E-state index < -0.39 is 0 Å². The van der Waals surface area contributed by atoms with E-state index in [1.54, 1.807) is 13.3 Å². The number of imidazole rings is 1. The molecule has 0 saturated heterocycles. The maximum absolute atomic E-state index is 12.5. The van der Waals surface area contributed by atoms with Crippen molar-refractivity contribution < 1.29 is 14.3 Å². The van der Waals surface area contributed by atoms with Crippen LogP contribution in [0.1, 0.15) is 21.6 Å². The molecule has 2 aromatic heterocycles. The van der Waals surface area contributed by atoms with Gasteiger partial charge in [-0.15, -0.1) is 0 Å². The number of carbonyl (C=O) groups is 1. The molecule has 0 aliphatic carbocycles. The van der Waals surface area contributed by atoms with Crippen LogP contribution in [-0.4, -0.2) is 34.7 Å². The average molecular weight is 420 g/mol. The number of hydrogen-bond acceptors (Lipinski definition) is 6. The number of nitrogens with zero attached hydrogens (tertiary/aromatic N) is 3. The number of rotatable bonds is 6. The summed E-state index contributed by atoms with van der Waals surface area (Å²) in [5.41, 5.74) is 3.88. The Morgan fingerprint density at radius 3 is 2.77 bits per heavy atom. The molecule has 0 amide bonds. The molecule has 0 fully saturated rings. The maximum atomic E-state index is 12.5. The highest BCUT2D eigenvalue weighted by molar-refractivity contribution is 7.98. The molecule has 0 radical (unpaired) electrons. The van der Waals surface area contributed by atoms with Crippen LogP contribution in [0.15, 0.2) is 66.1 Å². The second-order valence-electron chi connectivity index (χ2n) is 6.64. The zero-order valence-electron chi connectivity index (χ0n) is 17.0. The second-order valence-corrected chi connectivity index (χ2v) is 7.58. The lowest BCUT2D eigenvalue weighted by Gasteiger charge is -2.13. The van der Waals surface area contributed by atoms with Crippen LogP contribution in [0.4, 0.5) is 0 Å². The van der Waals surface area contributed by atoms with Crippen LogP contribution in [0.5, 0.6) is 5.75 Å². The largest absolute Gasteiger partial charge is 0.497 e. The molecule has 4 aromatic rings. The number of aromatic nitrogens is 3. The smallest absolute Gasteiger partial charge is 0.340 e. The second kappa shape index (κ2) is 8.59. The highest BCUT2D eigenvalue weighted by Crippen LogP contribution is 2.30. The van der Waals surface area contributed by atoms with E-state index >= 15 is 0 Å². The number of para-hydroxylation sites is 1. The number of methoxy groups -OCH3 is 2. The fourth-order valence-electron chi connectivity index (χ4n) is 3.40. The molecule has 2 aromatic carbocycles. The number of benzene rings is 2. The van der Waals surface area contributed by atoms with E-state index in [0.29, 0.717) is 17.0 Å². The Morgan fingerprint density at radius 2 is 1.97 bits per heavy atom. The fraction of sp³-hybridized carbons (Fsp3) is 0.174. The molecule has 0 atom stereocenters. The minimum Gasteiger partial charge on any atom is -0.497 e. The first kappa shape index (κ1) is 20.0. The van der Waals surface area contributed by atoms with Crippen molar-refractivity contribution in [1.82, 2.24) is 14.5 Å². The molecule has 7 heteroatoms. The lowest BCUT2D eigenvalue weighted by molar-refractivity contribution is 0.0598. The Kier molecular flexibility index (Phi) is 5.72. The topological polar surface area (TPSA) is 66.2 Å². The Balaban J connectivity index is 1.69. The summed E-state index contributed by atoms with van der Waals surface area (Å²) in [6.07, 6.45) is 3.65. The molecule has 4 rings (SSSR count). The van der Waals surface area contributed by atoms with Crippen molar-refractivity contribution in [2.24, 2.45) is 0 Å². The average Bonchev–Trinajstić information content (AvgIpc) is 3.26. The monoisotopic (exact) mass is 419 g/mol. The van der Waals surface area contributed by atoms with E-state index in [1.165, 1.54) is 18.9 Å². The van der Waals surface area contributed by atoms with Crippen molar-refractivity contribution in [3.63, 3.8) is 0 Å². The van der Waals surface area contributed by atoms with Gasteiger partial charge in [0.15, 0.2) is 5.16 Å². The van der Waals surface area contributed by atoms with Gasteiger partial charge >= 0.3 is 5.97 Å². The van der Waals surface area contributed by atoms with Crippen molar-refractivity contribution in [2.45, 2.75) is 17.8 Å². The van der Waals surface area contributed by atoms with Crippen molar-refractivity contribution in [3.8, 4) is 11.4 Å². The van der Waals surface area contributed by atoms with E-state index in [4.69, 9.17) is 14.5 Å². The predicted molar refractivity (Wildman–Crippen MR) is 117 cm³/mol. The van der Waals surface area contributed by atoms with E-state index in [1.807, 2.05) is 66.2 Å². The van der Waals surface area contributed by atoms with E-state index in [2.05, 4.69) is 4.98 Å². The van der Waals surface area contributed by atoms with Crippen molar-refractivity contribution in [3.05, 3.63) is 77.7 Å². The number of ether oxygens (including phenoxy) is 2. The summed E-state index contributed by atoms with van der Waals surface area (Å²) in [7, 11) is 3.04. The molecule has 0 aliphatic rings. The first-order valence-corrected chi connectivity index (χ1v) is 10.4. The van der Waals surface area contributed by atoms with Gasteiger partial charge in [0.25, 0.3) is 0 Å². The molecule has 0 N–H and O–H groups in total. The van der Waals surface area contributed by atoms with Crippen LogP contribution in [0.25, 0.3) is 16.6 Å². The highest BCUT2D eigenvalue weighted by Gasteiger charge is 2.20. The first-order chi connectivity index (χ1) is 14.6. The van der Waals surface area contributed by atoms with Gasteiger partial charge in [-0.05, 0) is 30.7 Å². The van der Waals surface area contributed by atoms with Gasteiger partial charge in [0.05, 0.1) is 36.7 Å². The lowest BCUT2D eigenvalue weighted by Crippen LogP contribution is -2.10. The molecule has 0 aliphatic heterocycles. The van der Waals surface area contributed by atoms with Crippen LogP contribution in [-0.2, 0) is 10.5 Å². The summed E-state index contributed by atoms with van der Waals surface area (Å²) < 4.78 is 12.4. The van der Waals surface area contributed by atoms with Gasteiger partial charge < -0.3 is 9.47 Å². The summed E-state index contributed by atoms with van der Waals surface area (Å²) in [5.74, 6) is 0.881. The van der Waals surface area contributed by atoms with Gasteiger partial charge in [-0.1, -0.05) is 36.0 Å². The molecular formula is C23H21N3O3S. The Labute approximate surface area is 178 Å². The highest BCUT2D eigenvalue weighted by atomic mass is 32.2. The molecular weight excluding hydrogens is 398 g/mol. The molecule has 0 unspecified atom stereocenters. The summed E-state index contributed by atoms with van der Waals surface area (Å²) in [5, 5.41) is 1.75. The Morgan fingerprint density at radius 1 is 1.13 bits per heavy atom. The van der Waals surface area contributed by atoms with E-state index in [0.717, 1.165) is 33.1 Å². The minimum atomic E-state index is -0.377. The molecule has 152 valence electrons. The zero-order chi connectivity index (χ0) is 21.1. The van der Waals surface area contributed by atoms with Crippen LogP contribution in [0.2, 0.25) is 0 Å². The number of aryl methyl sites for hydroxylation is 1. The van der Waals surface area contributed by atoms with Crippen LogP contribution in [0.3, 0.4) is 0 Å². The standard InChI is InChI=1S/C23H21N3O3S/c1-15-18-9-4-5-10-19(18)25-20(21(15)22(27)29-3)14-30-23-24-11-12-26(23)16-7-6-8-17(13-16)28-2/h4-13H,14H2,1-3H3. The van der Waals surface area contributed by atoms with Crippen LogP contribution >= 0.6 is 11.8 Å². The van der Waals surface area contributed by atoms with Crippen molar-refractivity contribution in [1.29, 1.82) is 0 Å². The third kappa shape index (κ3) is 3.76. The third-order valence-corrected chi connectivity index (χ3v) is 5.87. The Hall–Kier alpha value is -3.32. The number of esters is 1. The van der Waals surface area contributed by atoms with Gasteiger partial charge in [-0.3, -0.25) is 9.55 Å². The van der Waals surface area contributed by atoms with Gasteiger partial charge in [0.1, 0.15) is 5.75 Å². The zero-order valence-corrected chi connectivity index (χ0v) is 17.8. The quantitative estimate of drug-likeness (QED) is 0.330. The molecule has 0 saturated carbocycles. The van der Waals surface area contributed by atoms with E-state index in [9.17, 15) is 4.79 Å². The van der Waals surface area contributed by atoms with Crippen molar-refractivity contribution >= 4 is 28.6 Å². The number of thioether (sulfide) groups is 1. The van der Waals surface area contributed by atoms with Gasteiger partial charge in [-0.25, -0.2) is 9.78 Å². The molecule has 30 heavy (non-hydrogen) atoms. The number of hydrogen-bond donors (Lipinski definition) is 0. The molecule has 0 bridgehead atoms. The third-order valence-electron chi connectivity index (χ3n) is 4.89. The van der Waals surface area contributed by atoms with Gasteiger partial charge in [0, 0.05) is 29.6 Å². The normalized spacial score (nSPS) is 10.9. The predicted octanol–water partition coefficient (Wildman–Crippen LogP) is 4.82. The summed E-state index contributed by atoms with van der Waals surface area (Å²) in [4.78, 5) is 21.8.